The van der Waals surface area contributed by atoms with Gasteiger partial charge in [0.05, 0.1) is 5.02 Å². The second-order valence-corrected chi connectivity index (χ2v) is 3.78. The van der Waals surface area contributed by atoms with Gasteiger partial charge in [0.1, 0.15) is 0 Å². The number of nitrogens with one attached hydrogen (secondary N) is 1. The molecule has 15 heavy (non-hydrogen) atoms. The lowest BCUT2D eigenvalue weighted by molar-refractivity contribution is -0.136. The molecule has 0 spiro atoms. The summed E-state index contributed by atoms with van der Waals surface area (Å²) in [6.45, 7) is 0. The number of carbonyl (C=O) groups is 1. The summed E-state index contributed by atoms with van der Waals surface area (Å²) in [5.74, 6) is -0.795. The van der Waals surface area contributed by atoms with Crippen LogP contribution in [0, 0.1) is 0 Å². The highest BCUT2D eigenvalue weighted by Crippen LogP contribution is 2.27. The van der Waals surface area contributed by atoms with Crippen LogP contribution < -0.4 is 0 Å². The minimum Gasteiger partial charge on any atom is -0.481 e. The van der Waals surface area contributed by atoms with Gasteiger partial charge in [0.2, 0.25) is 0 Å². The third-order valence-electron chi connectivity index (χ3n) is 2.34. The number of aromatic amines is 1. The van der Waals surface area contributed by atoms with Crippen LogP contribution in [0.4, 0.5) is 0 Å². The summed E-state index contributed by atoms with van der Waals surface area (Å²) < 4.78 is 0. The predicted molar refractivity (Wildman–Crippen MR) is 59.3 cm³/mol. The van der Waals surface area contributed by atoms with Crippen LogP contribution in [-0.2, 0) is 11.2 Å². The standard InChI is InChI=1S/C11H10ClNO2/c12-8-2-1-3-9-11(8)7(6-13-9)4-5-10(14)15/h1-3,6,13H,4-5H2,(H,14,15). The van der Waals surface area contributed by atoms with E-state index in [0.29, 0.717) is 11.4 Å². The monoisotopic (exact) mass is 223 g/mol. The maximum atomic E-state index is 10.5. The van der Waals surface area contributed by atoms with Gasteiger partial charge in [-0.1, -0.05) is 17.7 Å². The van der Waals surface area contributed by atoms with Crippen LogP contribution in [0.3, 0.4) is 0 Å². The van der Waals surface area contributed by atoms with Gasteiger partial charge in [-0.25, -0.2) is 0 Å². The summed E-state index contributed by atoms with van der Waals surface area (Å²) >= 11 is 6.05. The average molecular weight is 224 g/mol. The van der Waals surface area contributed by atoms with Crippen molar-refractivity contribution in [3.63, 3.8) is 0 Å². The lowest BCUT2D eigenvalue weighted by atomic mass is 10.1. The van der Waals surface area contributed by atoms with Gasteiger partial charge in [-0.05, 0) is 24.1 Å². The highest BCUT2D eigenvalue weighted by Gasteiger charge is 2.08. The van der Waals surface area contributed by atoms with Crippen molar-refractivity contribution in [2.24, 2.45) is 0 Å². The van der Waals surface area contributed by atoms with Crippen LogP contribution in [0.25, 0.3) is 10.9 Å². The van der Waals surface area contributed by atoms with Crippen molar-refractivity contribution in [3.05, 3.63) is 35.0 Å². The zero-order valence-electron chi connectivity index (χ0n) is 7.96. The maximum absolute atomic E-state index is 10.5. The molecular formula is C11H10ClNO2. The number of benzene rings is 1. The normalized spacial score (nSPS) is 10.7. The van der Waals surface area contributed by atoms with Gasteiger partial charge in [0.15, 0.2) is 0 Å². The molecule has 0 fully saturated rings. The van der Waals surface area contributed by atoms with Crippen LogP contribution >= 0.6 is 11.6 Å². The fourth-order valence-electron chi connectivity index (χ4n) is 1.65. The second kappa shape index (κ2) is 3.95. The molecule has 0 aliphatic carbocycles. The van der Waals surface area contributed by atoms with Gasteiger partial charge >= 0.3 is 5.97 Å². The first-order chi connectivity index (χ1) is 7.18. The van der Waals surface area contributed by atoms with E-state index in [2.05, 4.69) is 4.98 Å². The lowest BCUT2D eigenvalue weighted by Crippen LogP contribution is -1.96. The van der Waals surface area contributed by atoms with Gasteiger partial charge in [-0.15, -0.1) is 0 Å². The van der Waals surface area contributed by atoms with Crippen molar-refractivity contribution in [1.82, 2.24) is 4.98 Å². The number of hydrogen-bond acceptors (Lipinski definition) is 1. The van der Waals surface area contributed by atoms with Crippen molar-refractivity contribution in [3.8, 4) is 0 Å². The molecule has 0 aliphatic heterocycles. The van der Waals surface area contributed by atoms with E-state index in [1.807, 2.05) is 24.4 Å². The molecule has 0 atom stereocenters. The van der Waals surface area contributed by atoms with E-state index in [9.17, 15) is 4.79 Å². The average Bonchev–Trinajstić information content (AvgIpc) is 2.59. The highest BCUT2D eigenvalue weighted by atomic mass is 35.5. The van der Waals surface area contributed by atoms with Gasteiger partial charge in [-0.2, -0.15) is 0 Å². The quantitative estimate of drug-likeness (QED) is 0.841. The Balaban J connectivity index is 2.39. The molecule has 0 saturated heterocycles. The van der Waals surface area contributed by atoms with Crippen molar-refractivity contribution < 1.29 is 9.90 Å². The molecule has 0 amide bonds. The Kier molecular flexibility index (Phi) is 2.64. The Morgan fingerprint density at radius 1 is 1.47 bits per heavy atom. The van der Waals surface area contributed by atoms with E-state index in [1.165, 1.54) is 0 Å². The zero-order chi connectivity index (χ0) is 10.8. The van der Waals surface area contributed by atoms with Crippen molar-refractivity contribution >= 4 is 28.5 Å². The summed E-state index contributed by atoms with van der Waals surface area (Å²) in [6.07, 6.45) is 2.44. The van der Waals surface area contributed by atoms with Crippen molar-refractivity contribution in [2.75, 3.05) is 0 Å². The van der Waals surface area contributed by atoms with Gasteiger partial charge in [0, 0.05) is 23.5 Å². The SMILES string of the molecule is O=C(O)CCc1c[nH]c2cccc(Cl)c12. The molecule has 4 heteroatoms. The van der Waals surface area contributed by atoms with Crippen LogP contribution in [0.5, 0.6) is 0 Å². The molecule has 1 aromatic heterocycles. The molecular weight excluding hydrogens is 214 g/mol. The molecule has 1 heterocycles. The molecule has 2 aromatic rings. The largest absolute Gasteiger partial charge is 0.481 e. The molecule has 0 saturated carbocycles. The summed E-state index contributed by atoms with van der Waals surface area (Å²) in [7, 11) is 0. The predicted octanol–water partition coefficient (Wildman–Crippen LogP) is 2.84. The molecule has 0 bridgehead atoms. The van der Waals surface area contributed by atoms with E-state index in [4.69, 9.17) is 16.7 Å². The molecule has 78 valence electrons. The number of hydrogen-bond donors (Lipinski definition) is 2. The van der Waals surface area contributed by atoms with Crippen LogP contribution in [0.15, 0.2) is 24.4 Å². The maximum Gasteiger partial charge on any atom is 0.303 e. The number of fused-ring (bicyclic) bond motifs is 1. The molecule has 2 N–H and O–H groups in total. The molecule has 1 aromatic carbocycles. The lowest BCUT2D eigenvalue weighted by Gasteiger charge is -1.98. The first-order valence-electron chi connectivity index (χ1n) is 4.65. The smallest absolute Gasteiger partial charge is 0.303 e. The second-order valence-electron chi connectivity index (χ2n) is 3.37. The highest BCUT2D eigenvalue weighted by molar-refractivity contribution is 6.35. The van der Waals surface area contributed by atoms with E-state index in [-0.39, 0.29) is 6.42 Å². The Morgan fingerprint density at radius 3 is 3.00 bits per heavy atom. The van der Waals surface area contributed by atoms with Crippen LogP contribution in [-0.4, -0.2) is 16.1 Å². The van der Waals surface area contributed by atoms with E-state index in [1.54, 1.807) is 0 Å². The molecule has 2 rings (SSSR count). The fourth-order valence-corrected chi connectivity index (χ4v) is 1.94. The number of carboxylic acids is 1. The first kappa shape index (κ1) is 10.1. The summed E-state index contributed by atoms with van der Waals surface area (Å²) in [5.41, 5.74) is 1.90. The number of halogens is 1. The number of aromatic nitrogens is 1. The minimum absolute atomic E-state index is 0.123. The van der Waals surface area contributed by atoms with E-state index >= 15 is 0 Å². The third-order valence-corrected chi connectivity index (χ3v) is 2.66. The zero-order valence-corrected chi connectivity index (χ0v) is 8.71. The summed E-state index contributed by atoms with van der Waals surface area (Å²) in [4.78, 5) is 13.5. The fraction of sp³-hybridized carbons (Fsp3) is 0.182. The van der Waals surface area contributed by atoms with Crippen molar-refractivity contribution in [1.29, 1.82) is 0 Å². The molecule has 0 unspecified atom stereocenters. The topological polar surface area (TPSA) is 53.1 Å². The Labute approximate surface area is 91.7 Å². The number of aliphatic carboxylic acids is 1. The molecule has 0 radical (unpaired) electrons. The van der Waals surface area contributed by atoms with Crippen LogP contribution in [0.1, 0.15) is 12.0 Å². The van der Waals surface area contributed by atoms with Gasteiger partial charge < -0.3 is 10.1 Å². The van der Waals surface area contributed by atoms with Gasteiger partial charge in [-0.3, -0.25) is 4.79 Å². The molecule has 0 aliphatic rings. The van der Waals surface area contributed by atoms with E-state index < -0.39 is 5.97 Å². The summed E-state index contributed by atoms with van der Waals surface area (Å²) in [5, 5.41) is 10.2. The number of aryl methyl sites for hydroxylation is 1. The third kappa shape index (κ3) is 1.97. The molecule has 3 nitrogen and oxygen atoms in total. The number of rotatable bonds is 3. The number of H-pyrrole nitrogens is 1. The van der Waals surface area contributed by atoms with E-state index in [0.717, 1.165) is 16.5 Å². The van der Waals surface area contributed by atoms with Crippen molar-refractivity contribution in [2.45, 2.75) is 12.8 Å². The Bertz CT molecular complexity index is 504. The van der Waals surface area contributed by atoms with Crippen LogP contribution in [0.2, 0.25) is 5.02 Å². The number of carboxylic acid groups (broad SMARTS) is 1. The Morgan fingerprint density at radius 2 is 2.27 bits per heavy atom. The Hall–Kier alpha value is -1.48. The summed E-state index contributed by atoms with van der Waals surface area (Å²) in [6, 6.07) is 5.59. The first-order valence-corrected chi connectivity index (χ1v) is 5.02. The minimum atomic E-state index is -0.795. The van der Waals surface area contributed by atoms with Gasteiger partial charge in [0.25, 0.3) is 0 Å².